The van der Waals surface area contributed by atoms with Gasteiger partial charge in [-0.2, -0.15) is 4.98 Å². The summed E-state index contributed by atoms with van der Waals surface area (Å²) in [6.45, 7) is 14.7. The molecule has 0 spiro atoms. The van der Waals surface area contributed by atoms with E-state index in [9.17, 15) is 9.59 Å². The molecule has 13 heteroatoms. The molecule has 11 nitrogen and oxygen atoms in total. The van der Waals surface area contributed by atoms with E-state index in [1.165, 1.54) is 12.3 Å². The molecule has 0 bridgehead atoms. The number of likely N-dealkylation sites (tertiary alicyclic amines) is 1. The standard InChI is InChI=1S/C39H45ClFN7O4/c1-25(2)47-18-16-46(17-19-47)20-21-51-34-13-11-29(23-32(34)41)43-39-42-24-30(36(49)44-35-26(3)8-7-9-27(35)4)37(45-39)52-33-12-10-28(22-31(33)40)38(50)48-14-5-6-15-48/h7-13,22-25H,5-6,14-21H2,1-4H3,(H,44,49)(H,42,43,45). The van der Waals surface area contributed by atoms with Crippen molar-refractivity contribution in [2.45, 2.75) is 46.6 Å². The number of nitrogens with one attached hydrogen (secondary N) is 2. The molecule has 2 aliphatic heterocycles. The topological polar surface area (TPSA) is 112 Å². The minimum Gasteiger partial charge on any atom is -0.489 e. The number of benzene rings is 3. The molecule has 0 aliphatic carbocycles. The first-order valence-electron chi connectivity index (χ1n) is 17.7. The van der Waals surface area contributed by atoms with E-state index < -0.39 is 11.7 Å². The van der Waals surface area contributed by atoms with Gasteiger partial charge in [0.05, 0.1) is 5.02 Å². The molecule has 2 N–H and O–H groups in total. The Kier molecular flexibility index (Phi) is 11.9. The Morgan fingerprint density at radius 2 is 1.65 bits per heavy atom. The summed E-state index contributed by atoms with van der Waals surface area (Å²) in [6.07, 6.45) is 3.28. The normalized spacial score (nSPS) is 15.2. The number of para-hydroxylation sites is 1. The fourth-order valence-corrected chi connectivity index (χ4v) is 6.61. The number of halogens is 2. The highest BCUT2D eigenvalue weighted by molar-refractivity contribution is 6.32. The fraction of sp³-hybridized carbons (Fsp3) is 0.385. The third-order valence-corrected chi connectivity index (χ3v) is 9.78. The molecule has 2 aliphatic rings. The Morgan fingerprint density at radius 3 is 2.33 bits per heavy atom. The van der Waals surface area contributed by atoms with E-state index >= 15 is 4.39 Å². The number of aromatic nitrogens is 2. The van der Waals surface area contributed by atoms with Crippen molar-refractivity contribution in [3.05, 3.63) is 93.9 Å². The van der Waals surface area contributed by atoms with Gasteiger partial charge in [-0.25, -0.2) is 9.37 Å². The number of carbonyl (C=O) groups is 2. The second kappa shape index (κ2) is 16.7. The van der Waals surface area contributed by atoms with Crippen LogP contribution in [0.5, 0.6) is 17.4 Å². The van der Waals surface area contributed by atoms with Gasteiger partial charge < -0.3 is 25.0 Å². The molecule has 274 valence electrons. The average Bonchev–Trinajstić information content (AvgIpc) is 3.67. The molecular weight excluding hydrogens is 685 g/mol. The zero-order chi connectivity index (χ0) is 36.8. The Labute approximate surface area is 309 Å². The van der Waals surface area contributed by atoms with Crippen LogP contribution in [0.4, 0.5) is 21.7 Å². The van der Waals surface area contributed by atoms with E-state index in [-0.39, 0.29) is 39.8 Å². The molecule has 0 saturated carbocycles. The van der Waals surface area contributed by atoms with Gasteiger partial charge in [0.1, 0.15) is 17.9 Å². The fourth-order valence-electron chi connectivity index (χ4n) is 6.39. The third-order valence-electron chi connectivity index (χ3n) is 9.49. The molecule has 1 aromatic heterocycles. The average molecular weight is 730 g/mol. The molecule has 4 aromatic rings. The van der Waals surface area contributed by atoms with Crippen LogP contribution in [0.15, 0.2) is 60.8 Å². The predicted molar refractivity (Wildman–Crippen MR) is 201 cm³/mol. The summed E-state index contributed by atoms with van der Waals surface area (Å²) in [6, 6.07) is 15.5. The molecule has 0 atom stereocenters. The van der Waals surface area contributed by atoms with Crippen LogP contribution < -0.4 is 20.1 Å². The summed E-state index contributed by atoms with van der Waals surface area (Å²) in [7, 11) is 0. The molecule has 2 amide bonds. The van der Waals surface area contributed by atoms with Gasteiger partial charge in [0.15, 0.2) is 11.6 Å². The van der Waals surface area contributed by atoms with Crippen molar-refractivity contribution in [3.8, 4) is 17.4 Å². The van der Waals surface area contributed by atoms with Gasteiger partial charge in [-0.05, 0) is 82.0 Å². The van der Waals surface area contributed by atoms with Gasteiger partial charge in [0.25, 0.3) is 11.8 Å². The van der Waals surface area contributed by atoms with Gasteiger partial charge in [-0.1, -0.05) is 29.8 Å². The third kappa shape index (κ3) is 8.98. The second-order valence-electron chi connectivity index (χ2n) is 13.5. The Morgan fingerprint density at radius 1 is 0.942 bits per heavy atom. The summed E-state index contributed by atoms with van der Waals surface area (Å²) in [4.78, 5) is 42.0. The van der Waals surface area contributed by atoms with Crippen LogP contribution in [0.25, 0.3) is 0 Å². The van der Waals surface area contributed by atoms with Crippen LogP contribution in [-0.4, -0.2) is 94.9 Å². The zero-order valence-electron chi connectivity index (χ0n) is 30.0. The number of carbonyl (C=O) groups excluding carboxylic acids is 2. The quantitative estimate of drug-likeness (QED) is 0.155. The first kappa shape index (κ1) is 37.0. The van der Waals surface area contributed by atoms with Crippen LogP contribution in [0.2, 0.25) is 5.02 Å². The number of amides is 2. The maximum Gasteiger partial charge on any atom is 0.262 e. The number of rotatable bonds is 12. The molecule has 3 aromatic carbocycles. The van der Waals surface area contributed by atoms with E-state index in [2.05, 4.69) is 44.2 Å². The lowest BCUT2D eigenvalue weighted by Gasteiger charge is -2.36. The number of anilines is 3. The highest BCUT2D eigenvalue weighted by Crippen LogP contribution is 2.33. The van der Waals surface area contributed by atoms with Gasteiger partial charge in [-0.3, -0.25) is 19.4 Å². The van der Waals surface area contributed by atoms with Crippen LogP contribution in [0.1, 0.15) is 58.5 Å². The van der Waals surface area contributed by atoms with Crippen molar-refractivity contribution in [3.63, 3.8) is 0 Å². The first-order chi connectivity index (χ1) is 25.0. The largest absolute Gasteiger partial charge is 0.489 e. The molecule has 2 fully saturated rings. The smallest absolute Gasteiger partial charge is 0.262 e. The van der Waals surface area contributed by atoms with E-state index in [0.717, 1.165) is 50.1 Å². The van der Waals surface area contributed by atoms with Gasteiger partial charge >= 0.3 is 0 Å². The highest BCUT2D eigenvalue weighted by Gasteiger charge is 2.23. The molecule has 6 rings (SSSR count). The van der Waals surface area contributed by atoms with Crippen molar-refractivity contribution in [2.75, 3.05) is 63.1 Å². The number of nitrogens with zero attached hydrogens (tertiary/aromatic N) is 5. The number of aryl methyl sites for hydroxylation is 2. The number of hydrogen-bond donors (Lipinski definition) is 2. The maximum absolute atomic E-state index is 15.2. The highest BCUT2D eigenvalue weighted by atomic mass is 35.5. The molecule has 52 heavy (non-hydrogen) atoms. The summed E-state index contributed by atoms with van der Waals surface area (Å²) in [5, 5.41) is 6.12. The Balaban J connectivity index is 1.18. The lowest BCUT2D eigenvalue weighted by molar-refractivity contribution is 0.0792. The maximum atomic E-state index is 15.2. The molecule has 3 heterocycles. The monoisotopic (exact) mass is 729 g/mol. The van der Waals surface area contributed by atoms with Crippen molar-refractivity contribution in [2.24, 2.45) is 0 Å². The van der Waals surface area contributed by atoms with E-state index in [0.29, 0.717) is 49.2 Å². The number of ether oxygens (including phenoxy) is 2. The summed E-state index contributed by atoms with van der Waals surface area (Å²) in [5.41, 5.74) is 3.29. The molecular formula is C39H45ClFN7O4. The Hall–Kier alpha value is -4.78. The summed E-state index contributed by atoms with van der Waals surface area (Å²) in [5.74, 6) is -0.815. The Bertz CT molecular complexity index is 1890. The van der Waals surface area contributed by atoms with Gasteiger partial charge in [-0.15, -0.1) is 0 Å². The van der Waals surface area contributed by atoms with Crippen LogP contribution in [0.3, 0.4) is 0 Å². The van der Waals surface area contributed by atoms with Crippen LogP contribution in [0, 0.1) is 19.7 Å². The van der Waals surface area contributed by atoms with Crippen molar-refractivity contribution in [1.82, 2.24) is 24.7 Å². The molecule has 0 radical (unpaired) electrons. The summed E-state index contributed by atoms with van der Waals surface area (Å²) < 4.78 is 27.1. The van der Waals surface area contributed by atoms with Crippen LogP contribution in [-0.2, 0) is 0 Å². The SMILES string of the molecule is Cc1cccc(C)c1NC(=O)c1cnc(Nc2ccc(OCCN3CCN(C(C)C)CC3)c(F)c2)nc1Oc1ccc(C(=O)N2CCCC2)cc1Cl. The lowest BCUT2D eigenvalue weighted by atomic mass is 10.1. The lowest BCUT2D eigenvalue weighted by Crippen LogP contribution is -2.49. The number of piperazine rings is 1. The van der Waals surface area contributed by atoms with Crippen molar-refractivity contribution < 1.29 is 23.5 Å². The number of hydrogen-bond acceptors (Lipinski definition) is 9. The summed E-state index contributed by atoms with van der Waals surface area (Å²) >= 11 is 6.62. The minimum absolute atomic E-state index is 0.0436. The van der Waals surface area contributed by atoms with E-state index in [1.807, 2.05) is 32.0 Å². The van der Waals surface area contributed by atoms with Crippen molar-refractivity contribution in [1.29, 1.82) is 0 Å². The first-order valence-corrected chi connectivity index (χ1v) is 18.1. The van der Waals surface area contributed by atoms with Gasteiger partial charge in [0, 0.05) is 81.1 Å². The van der Waals surface area contributed by atoms with Crippen LogP contribution >= 0.6 is 11.6 Å². The van der Waals surface area contributed by atoms with Crippen molar-refractivity contribution >= 4 is 40.7 Å². The zero-order valence-corrected chi connectivity index (χ0v) is 30.8. The minimum atomic E-state index is -0.536. The molecule has 2 saturated heterocycles. The predicted octanol–water partition coefficient (Wildman–Crippen LogP) is 7.31. The van der Waals surface area contributed by atoms with E-state index in [1.54, 1.807) is 35.2 Å². The van der Waals surface area contributed by atoms with E-state index in [4.69, 9.17) is 21.1 Å². The molecule has 0 unspecified atom stereocenters. The van der Waals surface area contributed by atoms with Gasteiger partial charge in [0.2, 0.25) is 11.8 Å². The second-order valence-corrected chi connectivity index (χ2v) is 13.9.